The third-order valence-electron chi connectivity index (χ3n) is 4.04. The Morgan fingerprint density at radius 2 is 1.62 bits per heavy atom. The molecule has 0 heterocycles. The average molecular weight is 355 g/mol. The van der Waals surface area contributed by atoms with Crippen molar-refractivity contribution in [3.05, 3.63) is 74.8 Å². The van der Waals surface area contributed by atoms with Crippen LogP contribution in [0.25, 0.3) is 0 Å². The van der Waals surface area contributed by atoms with E-state index in [0.717, 1.165) is 5.56 Å². The molecular formula is C20H21NO5. The highest BCUT2D eigenvalue weighted by Gasteiger charge is 2.17. The molecule has 0 saturated heterocycles. The molecule has 0 fully saturated rings. The lowest BCUT2D eigenvalue weighted by Crippen LogP contribution is -2.15. The molecule has 0 bridgehead atoms. The first kappa shape index (κ1) is 19.3. The van der Waals surface area contributed by atoms with Crippen molar-refractivity contribution in [3.8, 4) is 0 Å². The Labute approximate surface area is 151 Å². The van der Waals surface area contributed by atoms with Crippen molar-refractivity contribution in [1.82, 2.24) is 0 Å². The smallest absolute Gasteiger partial charge is 0.338 e. The summed E-state index contributed by atoms with van der Waals surface area (Å²) in [4.78, 5) is 34.5. The molecule has 0 N–H and O–H groups in total. The van der Waals surface area contributed by atoms with Gasteiger partial charge in [-0.1, -0.05) is 45.0 Å². The molecule has 6 nitrogen and oxygen atoms in total. The van der Waals surface area contributed by atoms with Crippen LogP contribution in [0.1, 0.15) is 52.6 Å². The molecule has 0 aromatic heterocycles. The number of hydrogen-bond donors (Lipinski definition) is 0. The normalized spacial score (nSPS) is 11.1. The summed E-state index contributed by atoms with van der Waals surface area (Å²) < 4.78 is 5.04. The number of esters is 1. The van der Waals surface area contributed by atoms with Crippen LogP contribution in [-0.4, -0.2) is 23.3 Å². The zero-order valence-electron chi connectivity index (χ0n) is 15.2. The SMILES string of the molecule is Cc1cc(C(=O)OCC(=O)c2ccc(C(C)(C)C)cc2)ccc1[N+](=O)[O-]. The summed E-state index contributed by atoms with van der Waals surface area (Å²) in [5, 5.41) is 10.8. The van der Waals surface area contributed by atoms with E-state index in [0.29, 0.717) is 11.1 Å². The summed E-state index contributed by atoms with van der Waals surface area (Å²) in [7, 11) is 0. The Kier molecular flexibility index (Phi) is 5.55. The van der Waals surface area contributed by atoms with Crippen molar-refractivity contribution in [1.29, 1.82) is 0 Å². The predicted octanol–water partition coefficient (Wildman–Crippen LogP) is 4.24. The van der Waals surface area contributed by atoms with Crippen molar-refractivity contribution in [2.75, 3.05) is 6.61 Å². The van der Waals surface area contributed by atoms with Crippen LogP contribution in [0.4, 0.5) is 5.69 Å². The number of Topliss-reactive ketones (excluding diaryl/α,β-unsaturated/α-hetero) is 1. The molecule has 0 aliphatic carbocycles. The maximum atomic E-state index is 12.2. The molecule has 0 amide bonds. The van der Waals surface area contributed by atoms with Gasteiger partial charge in [0.2, 0.25) is 0 Å². The lowest BCUT2D eigenvalue weighted by molar-refractivity contribution is -0.385. The fraction of sp³-hybridized carbons (Fsp3) is 0.300. The van der Waals surface area contributed by atoms with E-state index in [9.17, 15) is 19.7 Å². The summed E-state index contributed by atoms with van der Waals surface area (Å²) in [5.41, 5.74) is 2.01. The third-order valence-corrected chi connectivity index (χ3v) is 4.04. The number of hydrogen-bond acceptors (Lipinski definition) is 5. The molecule has 0 unspecified atom stereocenters. The third kappa shape index (κ3) is 4.53. The van der Waals surface area contributed by atoms with E-state index in [1.165, 1.54) is 25.1 Å². The van der Waals surface area contributed by atoms with E-state index in [-0.39, 0.29) is 29.1 Å². The number of carbonyl (C=O) groups excluding carboxylic acids is 2. The van der Waals surface area contributed by atoms with Gasteiger partial charge in [-0.3, -0.25) is 14.9 Å². The second-order valence-corrected chi connectivity index (χ2v) is 7.09. The van der Waals surface area contributed by atoms with Crippen LogP contribution in [0.3, 0.4) is 0 Å². The lowest BCUT2D eigenvalue weighted by atomic mass is 9.86. The zero-order valence-corrected chi connectivity index (χ0v) is 15.2. The van der Waals surface area contributed by atoms with Crippen LogP contribution < -0.4 is 0 Å². The number of nitro benzene ring substituents is 1. The molecule has 0 spiro atoms. The Morgan fingerprint density at radius 1 is 1.04 bits per heavy atom. The molecule has 0 radical (unpaired) electrons. The maximum absolute atomic E-state index is 12.2. The van der Waals surface area contributed by atoms with E-state index in [1.807, 2.05) is 12.1 Å². The standard InChI is InChI=1S/C20H21NO5/c1-13-11-15(7-10-17(13)21(24)25)19(23)26-12-18(22)14-5-8-16(9-6-14)20(2,3)4/h5-11H,12H2,1-4H3. The van der Waals surface area contributed by atoms with Crippen molar-refractivity contribution in [2.45, 2.75) is 33.1 Å². The predicted molar refractivity (Wildman–Crippen MR) is 97.6 cm³/mol. The minimum absolute atomic E-state index is 0.0121. The summed E-state index contributed by atoms with van der Waals surface area (Å²) in [5.74, 6) is -1.000. The maximum Gasteiger partial charge on any atom is 0.338 e. The first-order chi connectivity index (χ1) is 12.1. The van der Waals surface area contributed by atoms with E-state index < -0.39 is 10.9 Å². The Balaban J connectivity index is 2.02. The number of ether oxygens (including phenoxy) is 1. The zero-order chi connectivity index (χ0) is 19.5. The highest BCUT2D eigenvalue weighted by molar-refractivity contribution is 5.99. The summed E-state index contributed by atoms with van der Waals surface area (Å²) >= 11 is 0. The molecule has 2 aromatic rings. The van der Waals surface area contributed by atoms with Gasteiger partial charge < -0.3 is 4.74 Å². The summed E-state index contributed by atoms with van der Waals surface area (Å²) in [6.07, 6.45) is 0. The molecule has 0 aliphatic heterocycles. The first-order valence-electron chi connectivity index (χ1n) is 8.15. The molecule has 26 heavy (non-hydrogen) atoms. The molecule has 2 aromatic carbocycles. The van der Waals surface area contributed by atoms with E-state index in [2.05, 4.69) is 20.8 Å². The highest BCUT2D eigenvalue weighted by atomic mass is 16.6. The van der Waals surface area contributed by atoms with Gasteiger partial charge in [0, 0.05) is 17.2 Å². The second kappa shape index (κ2) is 7.47. The van der Waals surface area contributed by atoms with Crippen LogP contribution in [0.5, 0.6) is 0 Å². The molecule has 6 heteroatoms. The van der Waals surface area contributed by atoms with Crippen LogP contribution >= 0.6 is 0 Å². The second-order valence-electron chi connectivity index (χ2n) is 7.09. The van der Waals surface area contributed by atoms with Gasteiger partial charge in [0.15, 0.2) is 12.4 Å². The first-order valence-corrected chi connectivity index (χ1v) is 8.15. The average Bonchev–Trinajstić information content (AvgIpc) is 2.58. The van der Waals surface area contributed by atoms with E-state index in [1.54, 1.807) is 12.1 Å². The fourth-order valence-corrected chi connectivity index (χ4v) is 2.44. The Morgan fingerprint density at radius 3 is 2.12 bits per heavy atom. The van der Waals surface area contributed by atoms with Gasteiger partial charge in [0.05, 0.1) is 10.5 Å². The Hall–Kier alpha value is -3.02. The summed E-state index contributed by atoms with van der Waals surface area (Å²) in [6, 6.07) is 11.1. The van der Waals surface area contributed by atoms with Gasteiger partial charge >= 0.3 is 5.97 Å². The number of rotatable bonds is 5. The molecule has 0 aliphatic rings. The van der Waals surface area contributed by atoms with Gasteiger partial charge in [-0.2, -0.15) is 0 Å². The van der Waals surface area contributed by atoms with Gasteiger partial charge in [-0.25, -0.2) is 4.79 Å². The van der Waals surface area contributed by atoms with Crippen LogP contribution in [-0.2, 0) is 10.2 Å². The minimum atomic E-state index is -0.692. The van der Waals surface area contributed by atoms with Crippen LogP contribution in [0.15, 0.2) is 42.5 Å². The molecule has 2 rings (SSSR count). The monoisotopic (exact) mass is 355 g/mol. The molecular weight excluding hydrogens is 334 g/mol. The quantitative estimate of drug-likeness (QED) is 0.346. The van der Waals surface area contributed by atoms with Crippen molar-refractivity contribution >= 4 is 17.4 Å². The number of benzene rings is 2. The molecule has 0 atom stereocenters. The lowest BCUT2D eigenvalue weighted by Gasteiger charge is -2.18. The van der Waals surface area contributed by atoms with Gasteiger partial charge in [0.1, 0.15) is 0 Å². The van der Waals surface area contributed by atoms with Gasteiger partial charge in [-0.15, -0.1) is 0 Å². The van der Waals surface area contributed by atoms with Crippen molar-refractivity contribution in [2.24, 2.45) is 0 Å². The van der Waals surface area contributed by atoms with Crippen molar-refractivity contribution in [3.63, 3.8) is 0 Å². The van der Waals surface area contributed by atoms with Gasteiger partial charge in [-0.05, 0) is 30.0 Å². The van der Waals surface area contributed by atoms with Crippen molar-refractivity contribution < 1.29 is 19.2 Å². The number of aryl methyl sites for hydroxylation is 1. The summed E-state index contributed by atoms with van der Waals surface area (Å²) in [6.45, 7) is 7.40. The van der Waals surface area contributed by atoms with E-state index >= 15 is 0 Å². The fourth-order valence-electron chi connectivity index (χ4n) is 2.44. The molecule has 136 valence electrons. The number of ketones is 1. The van der Waals surface area contributed by atoms with Crippen LogP contribution in [0, 0.1) is 17.0 Å². The minimum Gasteiger partial charge on any atom is -0.454 e. The Bertz CT molecular complexity index is 847. The number of nitro groups is 1. The number of nitrogens with zero attached hydrogens (tertiary/aromatic N) is 1. The van der Waals surface area contributed by atoms with E-state index in [4.69, 9.17) is 4.74 Å². The van der Waals surface area contributed by atoms with Gasteiger partial charge in [0.25, 0.3) is 5.69 Å². The molecule has 0 saturated carbocycles. The van der Waals surface area contributed by atoms with Crippen LogP contribution in [0.2, 0.25) is 0 Å². The largest absolute Gasteiger partial charge is 0.454 e. The topological polar surface area (TPSA) is 86.5 Å². The highest BCUT2D eigenvalue weighted by Crippen LogP contribution is 2.22. The number of carbonyl (C=O) groups is 2.